The molecule has 1 rings (SSSR count). The quantitative estimate of drug-likeness (QED) is 0.391. The first kappa shape index (κ1) is 16.2. The summed E-state index contributed by atoms with van der Waals surface area (Å²) in [7, 11) is 2.27. The Morgan fingerprint density at radius 2 is 1.62 bits per heavy atom. The molecule has 0 aliphatic carbocycles. The molecule has 0 radical (unpaired) electrons. The second-order valence-electron chi connectivity index (χ2n) is 3.77. The average Bonchev–Trinajstić information content (AvgIpc) is 2.50. The molecular formula is C14H15NO6. The molecule has 7 nitrogen and oxygen atoms in total. The zero-order valence-corrected chi connectivity index (χ0v) is 11.8. The van der Waals surface area contributed by atoms with Crippen molar-refractivity contribution in [2.45, 2.75) is 6.92 Å². The topological polar surface area (TPSA) is 90.9 Å². The van der Waals surface area contributed by atoms with Crippen LogP contribution in [0.1, 0.15) is 12.5 Å². The summed E-state index contributed by atoms with van der Waals surface area (Å²) in [6.45, 7) is 1.18. The van der Waals surface area contributed by atoms with Crippen molar-refractivity contribution in [3.63, 3.8) is 0 Å². The highest BCUT2D eigenvalue weighted by Gasteiger charge is 2.23. The van der Waals surface area contributed by atoms with E-state index < -0.39 is 18.0 Å². The van der Waals surface area contributed by atoms with Crippen LogP contribution >= 0.6 is 0 Å². The van der Waals surface area contributed by atoms with Crippen LogP contribution in [0.2, 0.25) is 0 Å². The second-order valence-corrected chi connectivity index (χ2v) is 3.77. The number of esters is 2. The Bertz CT molecular complexity index is 564. The molecule has 0 fully saturated rings. The van der Waals surface area contributed by atoms with Crippen molar-refractivity contribution in [3.8, 4) is 0 Å². The Morgan fingerprint density at radius 1 is 1.00 bits per heavy atom. The highest BCUT2D eigenvalue weighted by atomic mass is 16.6. The third-order valence-corrected chi connectivity index (χ3v) is 2.31. The smallest absolute Gasteiger partial charge is 0.411 e. The van der Waals surface area contributed by atoms with E-state index in [9.17, 15) is 14.4 Å². The minimum absolute atomic E-state index is 0.125. The molecule has 1 N–H and O–H groups in total. The van der Waals surface area contributed by atoms with Crippen molar-refractivity contribution in [2.75, 3.05) is 14.2 Å². The van der Waals surface area contributed by atoms with Crippen molar-refractivity contribution in [1.29, 1.82) is 0 Å². The van der Waals surface area contributed by atoms with Gasteiger partial charge in [-0.25, -0.2) is 9.59 Å². The van der Waals surface area contributed by atoms with Crippen molar-refractivity contribution >= 4 is 23.8 Å². The Balaban J connectivity index is 3.39. The molecule has 0 bridgehead atoms. The van der Waals surface area contributed by atoms with E-state index in [0.29, 0.717) is 5.56 Å². The number of carbonyl (C=O) groups excluding carboxylic acids is 3. The molecule has 21 heavy (non-hydrogen) atoms. The van der Waals surface area contributed by atoms with Crippen LogP contribution in [0, 0.1) is 0 Å². The molecule has 0 aliphatic rings. The summed E-state index contributed by atoms with van der Waals surface area (Å²) in [4.78, 5) is 34.4. The number of alkyl carbamates (subject to hydrolysis) is 1. The summed E-state index contributed by atoms with van der Waals surface area (Å²) in [6, 6.07) is 8.35. The highest BCUT2D eigenvalue weighted by molar-refractivity contribution is 6.00. The molecule has 0 saturated carbocycles. The maximum atomic E-state index is 11.8. The first-order valence-corrected chi connectivity index (χ1v) is 5.91. The van der Waals surface area contributed by atoms with Crippen LogP contribution in [0.5, 0.6) is 0 Å². The average molecular weight is 293 g/mol. The largest absolute Gasteiger partial charge is 0.464 e. The minimum atomic E-state index is -0.893. The van der Waals surface area contributed by atoms with Gasteiger partial charge in [-0.3, -0.25) is 10.1 Å². The number of amides is 1. The van der Waals surface area contributed by atoms with Crippen molar-refractivity contribution < 1.29 is 28.6 Å². The molecule has 0 aromatic heterocycles. The number of nitrogens with one attached hydrogen (secondary N) is 1. The van der Waals surface area contributed by atoms with Gasteiger partial charge in [0.05, 0.1) is 14.2 Å². The standard InChI is InChI=1S/C14H15NO6/c1-9(16)21-12(10-7-5-4-6-8-10)11(13(17)19-2)15-14(18)20-3/h4-8H,1-3H3,(H,15,18)/b12-11+. The number of benzene rings is 1. The lowest BCUT2D eigenvalue weighted by atomic mass is 10.1. The van der Waals surface area contributed by atoms with Gasteiger partial charge in [0, 0.05) is 12.5 Å². The zero-order chi connectivity index (χ0) is 15.8. The van der Waals surface area contributed by atoms with E-state index in [1.54, 1.807) is 30.3 Å². The number of methoxy groups -OCH3 is 2. The Morgan fingerprint density at radius 3 is 2.10 bits per heavy atom. The molecule has 0 atom stereocenters. The highest BCUT2D eigenvalue weighted by Crippen LogP contribution is 2.20. The number of carbonyl (C=O) groups is 3. The molecule has 0 aliphatic heterocycles. The molecule has 0 unspecified atom stereocenters. The first-order chi connectivity index (χ1) is 9.99. The normalized spacial score (nSPS) is 11.0. The van der Waals surface area contributed by atoms with Crippen LogP contribution in [0.25, 0.3) is 5.76 Å². The summed E-state index contributed by atoms with van der Waals surface area (Å²) >= 11 is 0. The predicted octanol–water partition coefficient (Wildman–Crippen LogP) is 1.45. The molecule has 112 valence electrons. The van der Waals surface area contributed by atoms with Gasteiger partial charge < -0.3 is 14.2 Å². The summed E-state index contributed by atoms with van der Waals surface area (Å²) in [5.74, 6) is -1.65. The molecule has 1 amide bonds. The van der Waals surface area contributed by atoms with Gasteiger partial charge in [0.25, 0.3) is 0 Å². The van der Waals surface area contributed by atoms with Gasteiger partial charge in [-0.15, -0.1) is 0 Å². The SMILES string of the molecule is COC(=O)N/C(C(=O)OC)=C(/OC(C)=O)c1ccccc1. The Kier molecular flexibility index (Phi) is 5.94. The van der Waals surface area contributed by atoms with Gasteiger partial charge in [0.15, 0.2) is 11.5 Å². The summed E-state index contributed by atoms with van der Waals surface area (Å²) < 4.78 is 14.1. The van der Waals surface area contributed by atoms with Crippen molar-refractivity contribution in [3.05, 3.63) is 41.6 Å². The van der Waals surface area contributed by atoms with Crippen LogP contribution < -0.4 is 5.32 Å². The molecule has 7 heteroatoms. The van der Waals surface area contributed by atoms with Crippen LogP contribution in [-0.4, -0.2) is 32.3 Å². The lowest BCUT2D eigenvalue weighted by Crippen LogP contribution is -2.30. The van der Waals surface area contributed by atoms with Gasteiger partial charge >= 0.3 is 18.0 Å². The van der Waals surface area contributed by atoms with E-state index >= 15 is 0 Å². The van der Waals surface area contributed by atoms with Crippen molar-refractivity contribution in [1.82, 2.24) is 5.32 Å². The summed E-state index contributed by atoms with van der Waals surface area (Å²) in [6.07, 6.45) is -0.893. The van der Waals surface area contributed by atoms with E-state index in [1.807, 2.05) is 0 Å². The predicted molar refractivity (Wildman–Crippen MR) is 72.7 cm³/mol. The zero-order valence-electron chi connectivity index (χ0n) is 11.8. The van der Waals surface area contributed by atoms with E-state index in [4.69, 9.17) is 4.74 Å². The first-order valence-electron chi connectivity index (χ1n) is 5.91. The van der Waals surface area contributed by atoms with Gasteiger partial charge in [-0.2, -0.15) is 0 Å². The summed E-state index contributed by atoms with van der Waals surface area (Å²) in [5.41, 5.74) is 0.0928. The lowest BCUT2D eigenvalue weighted by Gasteiger charge is -2.13. The number of hydrogen-bond acceptors (Lipinski definition) is 6. The molecule has 0 spiro atoms. The number of rotatable bonds is 4. The molecule has 1 aromatic carbocycles. The Labute approximate surface area is 121 Å². The lowest BCUT2D eigenvalue weighted by molar-refractivity contribution is -0.136. The van der Waals surface area contributed by atoms with E-state index in [1.165, 1.54) is 6.92 Å². The Hall–Kier alpha value is -2.83. The van der Waals surface area contributed by atoms with Gasteiger partial charge in [-0.1, -0.05) is 30.3 Å². The monoisotopic (exact) mass is 293 g/mol. The minimum Gasteiger partial charge on any atom is -0.464 e. The fraction of sp³-hybridized carbons (Fsp3) is 0.214. The number of ether oxygens (including phenoxy) is 3. The third-order valence-electron chi connectivity index (χ3n) is 2.31. The van der Waals surface area contributed by atoms with Gasteiger partial charge in [0.1, 0.15) is 0 Å². The maximum Gasteiger partial charge on any atom is 0.411 e. The van der Waals surface area contributed by atoms with E-state index in [2.05, 4.69) is 14.8 Å². The van der Waals surface area contributed by atoms with E-state index in [0.717, 1.165) is 14.2 Å². The van der Waals surface area contributed by atoms with Crippen molar-refractivity contribution in [2.24, 2.45) is 0 Å². The van der Waals surface area contributed by atoms with Crippen LogP contribution in [-0.2, 0) is 23.8 Å². The van der Waals surface area contributed by atoms with Crippen LogP contribution in [0.15, 0.2) is 36.0 Å². The molecule has 0 heterocycles. The van der Waals surface area contributed by atoms with Gasteiger partial charge in [-0.05, 0) is 0 Å². The summed E-state index contributed by atoms with van der Waals surface area (Å²) in [5, 5.41) is 2.19. The third kappa shape index (κ3) is 4.64. The molecule has 1 aromatic rings. The fourth-order valence-electron chi connectivity index (χ4n) is 1.44. The van der Waals surface area contributed by atoms with Crippen LogP contribution in [0.3, 0.4) is 0 Å². The van der Waals surface area contributed by atoms with Crippen LogP contribution in [0.4, 0.5) is 4.79 Å². The number of hydrogen-bond donors (Lipinski definition) is 1. The maximum absolute atomic E-state index is 11.8. The second kappa shape index (κ2) is 7.68. The molecular weight excluding hydrogens is 278 g/mol. The van der Waals surface area contributed by atoms with Gasteiger partial charge in [0.2, 0.25) is 0 Å². The van der Waals surface area contributed by atoms with E-state index in [-0.39, 0.29) is 11.5 Å². The molecule has 0 saturated heterocycles. The fourth-order valence-corrected chi connectivity index (χ4v) is 1.44.